The Morgan fingerprint density at radius 2 is 1.73 bits per heavy atom. The number of ether oxygens (including phenoxy) is 2. The van der Waals surface area contributed by atoms with Crippen LogP contribution in [0.5, 0.6) is 5.75 Å². The topological polar surface area (TPSA) is 99.5 Å². The molecule has 0 aliphatic heterocycles. The Hall–Kier alpha value is -3.94. The molecular weight excluding hydrogens is 386 g/mol. The van der Waals surface area contributed by atoms with Crippen LogP contribution >= 0.6 is 0 Å². The molecule has 0 spiro atoms. The second-order valence-corrected chi connectivity index (χ2v) is 6.29. The number of nitrogens with zero attached hydrogens (tertiary/aromatic N) is 2. The summed E-state index contributed by atoms with van der Waals surface area (Å²) in [6.07, 6.45) is -1.23. The molecule has 1 unspecified atom stereocenters. The van der Waals surface area contributed by atoms with Crippen molar-refractivity contribution >= 4 is 17.6 Å². The number of aromatic nitrogens is 2. The number of para-hydroxylation sites is 2. The van der Waals surface area contributed by atoms with Crippen molar-refractivity contribution in [2.24, 2.45) is 7.05 Å². The summed E-state index contributed by atoms with van der Waals surface area (Å²) in [7, 11) is 1.42. The third-order valence-electron chi connectivity index (χ3n) is 4.18. The summed E-state index contributed by atoms with van der Waals surface area (Å²) in [6.45, 7) is 2.27. The maximum Gasteiger partial charge on any atom is 0.359 e. The van der Waals surface area contributed by atoms with Crippen LogP contribution in [0.1, 0.15) is 29.1 Å². The smallest absolute Gasteiger partial charge is 0.359 e. The molecule has 0 bridgehead atoms. The maximum atomic E-state index is 13.0. The highest BCUT2D eigenvalue weighted by Gasteiger charge is 2.27. The lowest BCUT2D eigenvalue weighted by Gasteiger charge is -2.19. The van der Waals surface area contributed by atoms with Crippen molar-refractivity contribution in [1.82, 2.24) is 9.78 Å². The summed E-state index contributed by atoms with van der Waals surface area (Å²) in [6, 6.07) is 18.1. The molecule has 3 aromatic rings. The predicted molar refractivity (Wildman–Crippen MR) is 110 cm³/mol. The Morgan fingerprint density at radius 1 is 1.03 bits per heavy atom. The summed E-state index contributed by atoms with van der Waals surface area (Å²) >= 11 is 0. The van der Waals surface area contributed by atoms with Crippen LogP contribution in [0.3, 0.4) is 0 Å². The monoisotopic (exact) mass is 407 g/mol. The molecule has 1 heterocycles. The van der Waals surface area contributed by atoms with Gasteiger partial charge in [-0.15, -0.1) is 0 Å². The van der Waals surface area contributed by atoms with Gasteiger partial charge in [0, 0.05) is 18.7 Å². The molecule has 8 nitrogen and oxygen atoms in total. The number of hydrogen-bond acceptors (Lipinski definition) is 6. The fraction of sp³-hybridized carbons (Fsp3) is 0.182. The molecule has 0 saturated carbocycles. The number of nitrogens with one attached hydrogen (secondary N) is 1. The number of amides is 1. The van der Waals surface area contributed by atoms with Gasteiger partial charge in [0.2, 0.25) is 6.10 Å². The Labute approximate surface area is 173 Å². The Morgan fingerprint density at radius 3 is 2.43 bits per heavy atom. The molecule has 154 valence electrons. The van der Waals surface area contributed by atoms with Crippen molar-refractivity contribution in [3.63, 3.8) is 0 Å². The van der Waals surface area contributed by atoms with Gasteiger partial charge in [-0.05, 0) is 25.1 Å². The van der Waals surface area contributed by atoms with Gasteiger partial charge in [0.25, 0.3) is 11.5 Å². The van der Waals surface area contributed by atoms with Crippen LogP contribution in [-0.4, -0.2) is 28.3 Å². The zero-order chi connectivity index (χ0) is 21.5. The molecule has 0 aliphatic carbocycles. The molecule has 0 fully saturated rings. The van der Waals surface area contributed by atoms with Crippen LogP contribution in [0.2, 0.25) is 0 Å². The number of rotatable bonds is 7. The summed E-state index contributed by atoms with van der Waals surface area (Å²) < 4.78 is 12.0. The van der Waals surface area contributed by atoms with Crippen molar-refractivity contribution in [2.45, 2.75) is 13.0 Å². The van der Waals surface area contributed by atoms with E-state index in [0.717, 1.165) is 4.68 Å². The molecule has 3 rings (SSSR count). The first-order valence-electron chi connectivity index (χ1n) is 9.32. The molecule has 1 atom stereocenters. The molecule has 1 amide bonds. The van der Waals surface area contributed by atoms with Gasteiger partial charge in [-0.2, -0.15) is 5.10 Å². The zero-order valence-electron chi connectivity index (χ0n) is 16.6. The third-order valence-corrected chi connectivity index (χ3v) is 4.18. The van der Waals surface area contributed by atoms with E-state index in [2.05, 4.69) is 10.4 Å². The van der Waals surface area contributed by atoms with Crippen molar-refractivity contribution < 1.29 is 19.1 Å². The lowest BCUT2D eigenvalue weighted by molar-refractivity contribution is -0.125. The number of hydrogen-bond donors (Lipinski definition) is 1. The highest BCUT2D eigenvalue weighted by molar-refractivity contribution is 5.98. The lowest BCUT2D eigenvalue weighted by atomic mass is 10.1. The molecular formula is C22H21N3O5. The number of esters is 1. The number of benzene rings is 2. The van der Waals surface area contributed by atoms with E-state index in [9.17, 15) is 14.4 Å². The fourth-order valence-corrected chi connectivity index (χ4v) is 2.73. The molecule has 1 N–H and O–H groups in total. The Bertz CT molecular complexity index is 1100. The van der Waals surface area contributed by atoms with Gasteiger partial charge in [-0.25, -0.2) is 9.48 Å². The van der Waals surface area contributed by atoms with Crippen LogP contribution in [0.25, 0.3) is 0 Å². The number of aryl methyl sites for hydroxylation is 1. The first-order valence-corrected chi connectivity index (χ1v) is 9.32. The van der Waals surface area contributed by atoms with E-state index < -0.39 is 18.0 Å². The summed E-state index contributed by atoms with van der Waals surface area (Å²) in [5.41, 5.74) is 0.501. The average molecular weight is 407 g/mol. The van der Waals surface area contributed by atoms with Gasteiger partial charge in [-0.3, -0.25) is 9.59 Å². The summed E-state index contributed by atoms with van der Waals surface area (Å²) in [5.74, 6) is -0.870. The van der Waals surface area contributed by atoms with E-state index in [-0.39, 0.29) is 11.3 Å². The Balaban J connectivity index is 1.88. The van der Waals surface area contributed by atoms with Crippen LogP contribution in [0.15, 0.2) is 71.5 Å². The molecule has 8 heteroatoms. The zero-order valence-corrected chi connectivity index (χ0v) is 16.6. The second kappa shape index (κ2) is 9.51. The standard InChI is InChI=1S/C22H21N3O5/c1-3-29-18-12-8-7-11-16(18)23-21(27)20(15-9-5-4-6-10-15)30-22(28)17-13-14-19(26)25(2)24-17/h4-14,20H,3H2,1-2H3,(H,23,27). The average Bonchev–Trinajstić information content (AvgIpc) is 2.76. The van der Waals surface area contributed by atoms with Crippen molar-refractivity contribution in [3.8, 4) is 5.75 Å². The number of anilines is 1. The largest absolute Gasteiger partial charge is 0.492 e. The van der Waals surface area contributed by atoms with Gasteiger partial charge < -0.3 is 14.8 Å². The highest BCUT2D eigenvalue weighted by Crippen LogP contribution is 2.27. The first kappa shape index (κ1) is 20.8. The number of carbonyl (C=O) groups excluding carboxylic acids is 2. The predicted octanol–water partition coefficient (Wildman–Crippen LogP) is 2.72. The highest BCUT2D eigenvalue weighted by atomic mass is 16.5. The molecule has 0 aliphatic rings. The van der Waals surface area contributed by atoms with E-state index in [4.69, 9.17) is 9.47 Å². The fourth-order valence-electron chi connectivity index (χ4n) is 2.73. The van der Waals surface area contributed by atoms with Crippen LogP contribution in [0, 0.1) is 0 Å². The second-order valence-electron chi connectivity index (χ2n) is 6.29. The molecule has 30 heavy (non-hydrogen) atoms. The van der Waals surface area contributed by atoms with E-state index in [1.54, 1.807) is 54.6 Å². The summed E-state index contributed by atoms with van der Waals surface area (Å²) in [4.78, 5) is 37.2. The normalized spacial score (nSPS) is 11.4. The minimum atomic E-state index is -1.23. The van der Waals surface area contributed by atoms with Crippen molar-refractivity contribution in [3.05, 3.63) is 88.3 Å². The van der Waals surface area contributed by atoms with E-state index in [1.165, 1.54) is 19.2 Å². The first-order chi connectivity index (χ1) is 14.5. The lowest BCUT2D eigenvalue weighted by Crippen LogP contribution is -2.28. The molecule has 0 radical (unpaired) electrons. The minimum absolute atomic E-state index is 0.0828. The maximum absolute atomic E-state index is 13.0. The van der Waals surface area contributed by atoms with Gasteiger partial charge in [-0.1, -0.05) is 42.5 Å². The van der Waals surface area contributed by atoms with Gasteiger partial charge in [0.1, 0.15) is 5.75 Å². The van der Waals surface area contributed by atoms with Crippen LogP contribution < -0.4 is 15.6 Å². The Kier molecular flexibility index (Phi) is 6.59. The third kappa shape index (κ3) is 4.91. The quantitative estimate of drug-likeness (QED) is 0.605. The van der Waals surface area contributed by atoms with Crippen molar-refractivity contribution in [1.29, 1.82) is 0 Å². The van der Waals surface area contributed by atoms with Crippen molar-refractivity contribution in [2.75, 3.05) is 11.9 Å². The van der Waals surface area contributed by atoms with Gasteiger partial charge in [0.05, 0.1) is 12.3 Å². The summed E-state index contributed by atoms with van der Waals surface area (Å²) in [5, 5.41) is 6.63. The van der Waals surface area contributed by atoms with E-state index in [1.807, 2.05) is 6.92 Å². The van der Waals surface area contributed by atoms with E-state index >= 15 is 0 Å². The number of carbonyl (C=O) groups is 2. The molecule has 0 saturated heterocycles. The van der Waals surface area contributed by atoms with Crippen LogP contribution in [0.4, 0.5) is 5.69 Å². The van der Waals surface area contributed by atoms with Gasteiger partial charge in [0.15, 0.2) is 5.69 Å². The van der Waals surface area contributed by atoms with Gasteiger partial charge >= 0.3 is 5.97 Å². The molecule has 2 aromatic carbocycles. The molecule has 1 aromatic heterocycles. The SMILES string of the molecule is CCOc1ccccc1NC(=O)C(OC(=O)c1ccc(=O)n(C)n1)c1ccccc1. The van der Waals surface area contributed by atoms with E-state index in [0.29, 0.717) is 23.6 Å². The van der Waals surface area contributed by atoms with Crippen LogP contribution in [-0.2, 0) is 16.6 Å². The minimum Gasteiger partial charge on any atom is -0.492 e.